The topological polar surface area (TPSA) is 147 Å². The normalized spacial score (nSPS) is 15.4. The number of pyridine rings is 1. The number of carbonyl (C=O) groups is 2. The van der Waals surface area contributed by atoms with Crippen LogP contribution in [0.25, 0.3) is 11.4 Å². The van der Waals surface area contributed by atoms with Crippen molar-refractivity contribution in [2.75, 3.05) is 49.6 Å². The Morgan fingerprint density at radius 3 is 2.51 bits per heavy atom. The Labute approximate surface area is 278 Å². The Morgan fingerprint density at radius 1 is 1.10 bits per heavy atom. The molecule has 0 atom stereocenters. The zero-order valence-electron chi connectivity index (χ0n) is 27.2. The smallest absolute Gasteiger partial charge is 0.416 e. The number of hydrogen-bond acceptors (Lipinski definition) is 9. The number of nitrogens with one attached hydrogen (secondary N) is 1. The number of nitrogens with zero attached hydrogens (tertiary/aromatic N) is 7. The highest BCUT2D eigenvalue weighted by Gasteiger charge is 2.32. The molecule has 0 unspecified atom stereocenters. The van der Waals surface area contributed by atoms with Crippen molar-refractivity contribution in [2.45, 2.75) is 46.3 Å². The van der Waals surface area contributed by atoms with Crippen molar-refractivity contribution in [3.8, 4) is 5.75 Å². The number of amides is 2. The molecule has 3 aromatic heterocycles. The van der Waals surface area contributed by atoms with E-state index in [0.29, 0.717) is 49.0 Å². The lowest BCUT2D eigenvalue weighted by molar-refractivity contribution is -0.137. The number of anilines is 2. The monoisotopic (exact) mass is 680 g/mol. The summed E-state index contributed by atoms with van der Waals surface area (Å²) in [7, 11) is 0. The van der Waals surface area contributed by atoms with Crippen LogP contribution in [0, 0.1) is 13.8 Å². The van der Waals surface area contributed by atoms with Gasteiger partial charge in [-0.1, -0.05) is 13.0 Å². The first kappa shape index (κ1) is 33.6. The van der Waals surface area contributed by atoms with E-state index in [1.54, 1.807) is 16.4 Å². The van der Waals surface area contributed by atoms with E-state index in [4.69, 9.17) is 4.74 Å². The molecule has 5 heterocycles. The van der Waals surface area contributed by atoms with Crippen molar-refractivity contribution >= 4 is 34.5 Å². The van der Waals surface area contributed by atoms with Crippen LogP contribution in [0.2, 0.25) is 0 Å². The van der Waals surface area contributed by atoms with Gasteiger partial charge in [0.2, 0.25) is 11.7 Å². The standard InChI is InChI=1S/C33H35F3N8O5/c1-4-25-27(41-11-13-42(14-12-41)30(47)23-7-10-37-20(3)28(23)46)31(48)44-32(39-29(40-44)21-8-15-49-16-9-21)43(25)18-26(45)38-24-6-5-22(17-19(24)2)33(34,35)36/h5-8,10,17,46H,4,9,11-16,18H2,1-3H3,(H,38,45). The molecule has 258 valence electrons. The van der Waals surface area contributed by atoms with Gasteiger partial charge in [0.1, 0.15) is 18.0 Å². The maximum absolute atomic E-state index is 14.2. The summed E-state index contributed by atoms with van der Waals surface area (Å²) < 4.78 is 47.9. The van der Waals surface area contributed by atoms with Gasteiger partial charge in [0.25, 0.3) is 11.5 Å². The van der Waals surface area contributed by atoms with E-state index in [0.717, 1.165) is 17.7 Å². The molecule has 0 saturated carbocycles. The second-order valence-corrected chi connectivity index (χ2v) is 11.9. The van der Waals surface area contributed by atoms with Crippen LogP contribution >= 0.6 is 0 Å². The Morgan fingerprint density at radius 2 is 1.86 bits per heavy atom. The number of aromatic hydroxyl groups is 1. The van der Waals surface area contributed by atoms with Gasteiger partial charge in [-0.15, -0.1) is 5.10 Å². The highest BCUT2D eigenvalue weighted by atomic mass is 19.4. The lowest BCUT2D eigenvalue weighted by Gasteiger charge is -2.37. The van der Waals surface area contributed by atoms with E-state index < -0.39 is 23.2 Å². The summed E-state index contributed by atoms with van der Waals surface area (Å²) >= 11 is 0. The molecule has 13 nitrogen and oxygen atoms in total. The van der Waals surface area contributed by atoms with Gasteiger partial charge in [-0.3, -0.25) is 19.4 Å². The zero-order valence-corrected chi connectivity index (χ0v) is 27.2. The second-order valence-electron chi connectivity index (χ2n) is 11.9. The van der Waals surface area contributed by atoms with Crippen LogP contribution in [-0.2, 0) is 28.7 Å². The van der Waals surface area contributed by atoms with Crippen molar-refractivity contribution in [3.05, 3.63) is 80.8 Å². The van der Waals surface area contributed by atoms with Crippen molar-refractivity contribution in [1.29, 1.82) is 0 Å². The van der Waals surface area contributed by atoms with E-state index in [2.05, 4.69) is 20.4 Å². The first-order valence-corrected chi connectivity index (χ1v) is 15.8. The average molecular weight is 681 g/mol. The molecule has 0 spiro atoms. The fourth-order valence-electron chi connectivity index (χ4n) is 6.14. The molecule has 2 aliphatic rings. The number of fused-ring (bicyclic) bond motifs is 1. The quantitative estimate of drug-likeness (QED) is 0.299. The third kappa shape index (κ3) is 6.60. The minimum absolute atomic E-state index is 0.143. The van der Waals surface area contributed by atoms with Gasteiger partial charge in [0.05, 0.1) is 35.7 Å². The summed E-state index contributed by atoms with van der Waals surface area (Å²) in [4.78, 5) is 53.1. The van der Waals surface area contributed by atoms with Crippen LogP contribution in [0.3, 0.4) is 0 Å². The Balaban J connectivity index is 1.35. The zero-order chi connectivity index (χ0) is 35.0. The molecular weight excluding hydrogens is 645 g/mol. The first-order valence-electron chi connectivity index (χ1n) is 15.8. The van der Waals surface area contributed by atoms with Crippen molar-refractivity contribution in [1.82, 2.24) is 29.0 Å². The number of ether oxygens (including phenoxy) is 1. The van der Waals surface area contributed by atoms with Crippen molar-refractivity contribution < 1.29 is 32.6 Å². The molecule has 1 saturated heterocycles. The number of aromatic nitrogens is 5. The van der Waals surface area contributed by atoms with E-state index in [9.17, 15) is 32.7 Å². The minimum Gasteiger partial charge on any atom is -0.505 e. The number of benzene rings is 1. The number of hydrogen-bond donors (Lipinski definition) is 2. The molecule has 0 radical (unpaired) electrons. The molecule has 0 aliphatic carbocycles. The number of rotatable bonds is 7. The first-order chi connectivity index (χ1) is 23.4. The Hall–Kier alpha value is -5.25. The van der Waals surface area contributed by atoms with Gasteiger partial charge in [0.15, 0.2) is 5.82 Å². The largest absolute Gasteiger partial charge is 0.505 e. The molecule has 0 bridgehead atoms. The molecule has 16 heteroatoms. The van der Waals surface area contributed by atoms with Crippen molar-refractivity contribution in [2.24, 2.45) is 0 Å². The number of carbonyl (C=O) groups excluding carboxylic acids is 2. The van der Waals surface area contributed by atoms with Crippen LogP contribution in [0.15, 0.2) is 41.3 Å². The summed E-state index contributed by atoms with van der Waals surface area (Å²) in [6, 6.07) is 4.55. The summed E-state index contributed by atoms with van der Waals surface area (Å²) in [6.45, 7) is 6.53. The Bertz CT molecular complexity index is 2030. The summed E-state index contributed by atoms with van der Waals surface area (Å²) in [5.74, 6) is -0.596. The highest BCUT2D eigenvalue weighted by molar-refractivity contribution is 5.97. The number of aryl methyl sites for hydroxylation is 2. The lowest BCUT2D eigenvalue weighted by Crippen LogP contribution is -2.51. The number of halogens is 3. The van der Waals surface area contributed by atoms with Crippen LogP contribution in [0.1, 0.15) is 52.0 Å². The maximum Gasteiger partial charge on any atom is 0.416 e. The molecule has 49 heavy (non-hydrogen) atoms. The van der Waals surface area contributed by atoms with Gasteiger partial charge >= 0.3 is 6.18 Å². The van der Waals surface area contributed by atoms with E-state index in [1.165, 1.54) is 29.8 Å². The molecule has 1 fully saturated rings. The van der Waals surface area contributed by atoms with E-state index >= 15 is 0 Å². The van der Waals surface area contributed by atoms with Gasteiger partial charge in [0, 0.05) is 38.1 Å². The molecule has 2 aliphatic heterocycles. The predicted molar refractivity (Wildman–Crippen MR) is 174 cm³/mol. The third-order valence-corrected chi connectivity index (χ3v) is 8.76. The van der Waals surface area contributed by atoms with Crippen LogP contribution in [0.5, 0.6) is 5.75 Å². The van der Waals surface area contributed by atoms with E-state index in [-0.39, 0.29) is 67.0 Å². The third-order valence-electron chi connectivity index (χ3n) is 8.76. The van der Waals surface area contributed by atoms with Crippen LogP contribution in [-0.4, -0.2) is 85.4 Å². The molecule has 4 aromatic rings. The van der Waals surface area contributed by atoms with Gasteiger partial charge in [-0.2, -0.15) is 22.7 Å². The molecule has 2 amide bonds. The van der Waals surface area contributed by atoms with E-state index in [1.807, 2.05) is 17.9 Å². The fraction of sp³-hybridized carbons (Fsp3) is 0.394. The van der Waals surface area contributed by atoms with Crippen LogP contribution in [0.4, 0.5) is 24.5 Å². The SMILES string of the molecule is CCc1c(N2CCN(C(=O)c3ccnc(C)c3O)CC2)c(=O)n2nc(C3=CCOCC3)nc2n1CC(=O)Nc1ccc(C(F)(F)F)cc1C. The highest BCUT2D eigenvalue weighted by Crippen LogP contribution is 2.32. The summed E-state index contributed by atoms with van der Waals surface area (Å²) in [6.07, 6.45) is -0.357. The minimum atomic E-state index is -4.52. The Kier molecular flexibility index (Phi) is 9.16. The van der Waals surface area contributed by atoms with Crippen LogP contribution < -0.4 is 15.8 Å². The molecule has 6 rings (SSSR count). The van der Waals surface area contributed by atoms with Gasteiger partial charge in [-0.05, 0) is 62.1 Å². The molecule has 1 aromatic carbocycles. The summed E-state index contributed by atoms with van der Waals surface area (Å²) in [5.41, 5.74) is 1.30. The average Bonchev–Trinajstić information content (AvgIpc) is 3.54. The fourth-order valence-corrected chi connectivity index (χ4v) is 6.14. The molecular formula is C33H35F3N8O5. The maximum atomic E-state index is 14.2. The second kappa shape index (κ2) is 13.3. The number of alkyl halides is 3. The lowest BCUT2D eigenvalue weighted by atomic mass is 10.1. The predicted octanol–water partition coefficient (Wildman–Crippen LogP) is 3.59. The number of piperazine rings is 1. The van der Waals surface area contributed by atoms with Gasteiger partial charge in [-0.25, -0.2) is 0 Å². The summed E-state index contributed by atoms with van der Waals surface area (Å²) in [5, 5.41) is 17.7. The van der Waals surface area contributed by atoms with Gasteiger partial charge < -0.3 is 29.5 Å². The molecule has 2 N–H and O–H groups in total. The van der Waals surface area contributed by atoms with Crippen molar-refractivity contribution in [3.63, 3.8) is 0 Å².